The Labute approximate surface area is 153 Å². The van der Waals surface area contributed by atoms with Gasteiger partial charge in [-0.2, -0.15) is 4.98 Å². The Morgan fingerprint density at radius 1 is 1.23 bits per heavy atom. The molecule has 1 aromatic carbocycles. The van der Waals surface area contributed by atoms with E-state index in [1.807, 2.05) is 52.0 Å². The van der Waals surface area contributed by atoms with Crippen LogP contribution in [0.1, 0.15) is 54.5 Å². The summed E-state index contributed by atoms with van der Waals surface area (Å²) in [5.41, 5.74) is 2.10. The van der Waals surface area contributed by atoms with Crippen molar-refractivity contribution < 1.29 is 9.90 Å². The van der Waals surface area contributed by atoms with Crippen LogP contribution in [0.5, 0.6) is 0 Å². The maximum atomic E-state index is 13.0. The smallest absolute Gasteiger partial charge is 0.345 e. The van der Waals surface area contributed by atoms with Crippen molar-refractivity contribution in [3.63, 3.8) is 0 Å². The zero-order valence-corrected chi connectivity index (χ0v) is 15.9. The molecule has 140 valence electrons. The molecule has 0 saturated carbocycles. The summed E-state index contributed by atoms with van der Waals surface area (Å²) in [4.78, 5) is 33.1. The van der Waals surface area contributed by atoms with Gasteiger partial charge in [0.1, 0.15) is 5.69 Å². The number of aromatic amines is 1. The first-order chi connectivity index (χ1) is 12.2. The molecule has 2 aromatic rings. The maximum absolute atomic E-state index is 13.0. The van der Waals surface area contributed by atoms with Gasteiger partial charge in [0.25, 0.3) is 5.91 Å². The number of hydrogen-bond acceptors (Lipinski definition) is 4. The zero-order chi connectivity index (χ0) is 19.3. The Kier molecular flexibility index (Phi) is 6.32. The van der Waals surface area contributed by atoms with E-state index in [1.165, 1.54) is 0 Å². The molecule has 1 aromatic heterocycles. The van der Waals surface area contributed by atoms with E-state index in [-0.39, 0.29) is 23.6 Å². The summed E-state index contributed by atoms with van der Waals surface area (Å²) in [6.07, 6.45) is 0.465. The molecule has 2 N–H and O–H groups in total. The van der Waals surface area contributed by atoms with E-state index < -0.39 is 5.69 Å². The molecule has 0 aliphatic carbocycles. The SMILES string of the molecule is Cc1ccc(CN(CCCO)C(=O)c2cc(C(C)(C)C)[nH]c(=O)n2)cc1. The third-order valence-corrected chi connectivity index (χ3v) is 4.14. The molecular formula is C20H27N3O3. The Hall–Kier alpha value is -2.47. The first kappa shape index (κ1) is 19.8. The molecule has 0 aliphatic heterocycles. The van der Waals surface area contributed by atoms with Crippen molar-refractivity contribution in [3.05, 3.63) is 63.3 Å². The van der Waals surface area contributed by atoms with E-state index in [1.54, 1.807) is 11.0 Å². The number of amides is 1. The highest BCUT2D eigenvalue weighted by Gasteiger charge is 2.22. The highest BCUT2D eigenvalue weighted by molar-refractivity contribution is 5.92. The topological polar surface area (TPSA) is 86.3 Å². The van der Waals surface area contributed by atoms with Crippen LogP contribution in [0.4, 0.5) is 0 Å². The van der Waals surface area contributed by atoms with Crippen molar-refractivity contribution in [2.24, 2.45) is 0 Å². The van der Waals surface area contributed by atoms with Crippen molar-refractivity contribution in [1.82, 2.24) is 14.9 Å². The van der Waals surface area contributed by atoms with Crippen LogP contribution in [0.3, 0.4) is 0 Å². The van der Waals surface area contributed by atoms with E-state index in [4.69, 9.17) is 5.11 Å². The quantitative estimate of drug-likeness (QED) is 0.831. The van der Waals surface area contributed by atoms with E-state index in [0.29, 0.717) is 25.2 Å². The molecule has 2 rings (SSSR count). The van der Waals surface area contributed by atoms with Gasteiger partial charge in [0.15, 0.2) is 0 Å². The van der Waals surface area contributed by atoms with Gasteiger partial charge in [0.05, 0.1) is 0 Å². The van der Waals surface area contributed by atoms with Gasteiger partial charge in [0.2, 0.25) is 0 Å². The number of carbonyl (C=O) groups excluding carboxylic acids is 1. The molecule has 26 heavy (non-hydrogen) atoms. The molecule has 6 heteroatoms. The molecule has 0 fully saturated rings. The summed E-state index contributed by atoms with van der Waals surface area (Å²) in [5.74, 6) is -0.310. The van der Waals surface area contributed by atoms with Crippen LogP contribution in [0.2, 0.25) is 0 Å². The minimum absolute atomic E-state index is 0.00623. The van der Waals surface area contributed by atoms with Gasteiger partial charge in [0, 0.05) is 30.8 Å². The fourth-order valence-electron chi connectivity index (χ4n) is 2.56. The van der Waals surface area contributed by atoms with Gasteiger partial charge in [-0.15, -0.1) is 0 Å². The number of nitrogens with one attached hydrogen (secondary N) is 1. The Balaban J connectivity index is 2.32. The fraction of sp³-hybridized carbons (Fsp3) is 0.450. The average molecular weight is 357 g/mol. The first-order valence-corrected chi connectivity index (χ1v) is 8.78. The molecule has 1 heterocycles. The predicted octanol–water partition coefficient (Wildman–Crippen LogP) is 2.40. The van der Waals surface area contributed by atoms with Gasteiger partial charge in [-0.1, -0.05) is 50.6 Å². The lowest BCUT2D eigenvalue weighted by molar-refractivity contribution is 0.0725. The molecule has 0 atom stereocenters. The second-order valence-corrected chi connectivity index (χ2v) is 7.52. The summed E-state index contributed by atoms with van der Waals surface area (Å²) >= 11 is 0. The number of rotatable bonds is 6. The minimum Gasteiger partial charge on any atom is -0.396 e. The number of aryl methyl sites for hydroxylation is 1. The highest BCUT2D eigenvalue weighted by Crippen LogP contribution is 2.20. The number of aromatic nitrogens is 2. The number of H-pyrrole nitrogens is 1. The highest BCUT2D eigenvalue weighted by atomic mass is 16.3. The molecule has 0 unspecified atom stereocenters. The molecule has 0 saturated heterocycles. The zero-order valence-electron chi connectivity index (χ0n) is 15.9. The molecule has 1 amide bonds. The molecule has 6 nitrogen and oxygen atoms in total. The molecular weight excluding hydrogens is 330 g/mol. The lowest BCUT2D eigenvalue weighted by atomic mass is 9.91. The predicted molar refractivity (Wildman–Crippen MR) is 101 cm³/mol. The molecule has 0 bridgehead atoms. The number of hydrogen-bond donors (Lipinski definition) is 2. The van der Waals surface area contributed by atoms with Gasteiger partial charge >= 0.3 is 5.69 Å². The van der Waals surface area contributed by atoms with Crippen LogP contribution in [-0.4, -0.2) is 39.0 Å². The number of nitrogens with zero attached hydrogens (tertiary/aromatic N) is 2. The van der Waals surface area contributed by atoms with Gasteiger partial charge < -0.3 is 15.0 Å². The van der Waals surface area contributed by atoms with E-state index in [2.05, 4.69) is 9.97 Å². The summed E-state index contributed by atoms with van der Waals surface area (Å²) in [5, 5.41) is 9.16. The molecule has 0 radical (unpaired) electrons. The van der Waals surface area contributed by atoms with E-state index in [9.17, 15) is 9.59 Å². The van der Waals surface area contributed by atoms with Gasteiger partial charge in [-0.25, -0.2) is 4.79 Å². The number of carbonyl (C=O) groups is 1. The second-order valence-electron chi connectivity index (χ2n) is 7.52. The van der Waals surface area contributed by atoms with E-state index in [0.717, 1.165) is 11.1 Å². The minimum atomic E-state index is -0.529. The third kappa shape index (κ3) is 5.26. The van der Waals surface area contributed by atoms with Crippen molar-refractivity contribution in [2.45, 2.75) is 46.1 Å². The van der Waals surface area contributed by atoms with Crippen molar-refractivity contribution in [1.29, 1.82) is 0 Å². The van der Waals surface area contributed by atoms with E-state index >= 15 is 0 Å². The van der Waals surface area contributed by atoms with Crippen molar-refractivity contribution >= 4 is 5.91 Å². The molecule has 0 aliphatic rings. The Morgan fingerprint density at radius 2 is 1.88 bits per heavy atom. The third-order valence-electron chi connectivity index (χ3n) is 4.14. The summed E-state index contributed by atoms with van der Waals surface area (Å²) in [6, 6.07) is 9.58. The maximum Gasteiger partial charge on any atom is 0.345 e. The Bertz CT molecular complexity index is 804. The summed E-state index contributed by atoms with van der Waals surface area (Å²) in [7, 11) is 0. The monoisotopic (exact) mass is 357 g/mol. The van der Waals surface area contributed by atoms with Crippen LogP contribution in [0, 0.1) is 6.92 Å². The van der Waals surface area contributed by atoms with Crippen molar-refractivity contribution in [2.75, 3.05) is 13.2 Å². The van der Waals surface area contributed by atoms with Crippen LogP contribution in [-0.2, 0) is 12.0 Å². The van der Waals surface area contributed by atoms with Crippen LogP contribution >= 0.6 is 0 Å². The van der Waals surface area contributed by atoms with Crippen molar-refractivity contribution in [3.8, 4) is 0 Å². The van der Waals surface area contributed by atoms with Crippen LogP contribution < -0.4 is 5.69 Å². The van der Waals surface area contributed by atoms with Crippen LogP contribution in [0.25, 0.3) is 0 Å². The second kappa shape index (κ2) is 8.27. The largest absolute Gasteiger partial charge is 0.396 e. The summed E-state index contributed by atoms with van der Waals surface area (Å²) in [6.45, 7) is 8.68. The fourth-order valence-corrected chi connectivity index (χ4v) is 2.56. The van der Waals surface area contributed by atoms with Crippen LogP contribution in [0.15, 0.2) is 35.1 Å². The lowest BCUT2D eigenvalue weighted by Gasteiger charge is -2.23. The summed E-state index contributed by atoms with van der Waals surface area (Å²) < 4.78 is 0. The van der Waals surface area contributed by atoms with Gasteiger partial charge in [-0.05, 0) is 25.0 Å². The standard InChI is InChI=1S/C20H27N3O3/c1-14-6-8-15(9-7-14)13-23(10-5-11-24)18(25)16-12-17(20(2,3)4)22-19(26)21-16/h6-9,12,24H,5,10-11,13H2,1-4H3,(H,21,22,26). The number of aliphatic hydroxyl groups excluding tert-OH is 1. The van der Waals surface area contributed by atoms with Gasteiger partial charge in [-0.3, -0.25) is 4.79 Å². The number of benzene rings is 1. The Morgan fingerprint density at radius 3 is 2.46 bits per heavy atom. The lowest BCUT2D eigenvalue weighted by Crippen LogP contribution is -2.35. The average Bonchev–Trinajstić information content (AvgIpc) is 2.58. The number of aliphatic hydroxyl groups is 1. The first-order valence-electron chi connectivity index (χ1n) is 8.78. The normalized spacial score (nSPS) is 11.4. The molecule has 0 spiro atoms.